The third-order valence-electron chi connectivity index (χ3n) is 1.05. The molecule has 0 bridgehead atoms. The van der Waals surface area contributed by atoms with Gasteiger partial charge in [-0.2, -0.15) is 0 Å². The van der Waals surface area contributed by atoms with Crippen LogP contribution in [0.15, 0.2) is 0 Å². The second-order valence-electron chi connectivity index (χ2n) is 1.84. The molecule has 2 nitrogen and oxygen atoms in total. The lowest BCUT2D eigenvalue weighted by atomic mass is 10.3. The summed E-state index contributed by atoms with van der Waals surface area (Å²) >= 11 is 8.98. The van der Waals surface area contributed by atoms with Gasteiger partial charge in [0.1, 0.15) is 0 Å². The minimum atomic E-state index is -2.10. The Morgan fingerprint density at radius 2 is 1.67 bits per heavy atom. The van der Waals surface area contributed by atoms with Crippen molar-refractivity contribution in [2.75, 3.05) is 13.2 Å². The van der Waals surface area contributed by atoms with Crippen LogP contribution in [0, 0.1) is 0 Å². The first-order chi connectivity index (χ1) is 4.21. The lowest BCUT2D eigenvalue weighted by Crippen LogP contribution is -1.83. The molecule has 1 heterocycles. The first-order valence-electron chi connectivity index (χ1n) is 2.83. The van der Waals surface area contributed by atoms with E-state index in [0.29, 0.717) is 13.2 Å². The Hall–Kier alpha value is 0.920. The standard InChI is InChI=1S/C4H9O2PS2/c8-7(9)5-3-1-2-4-6-7/h1-4H2,(H,8,9). The minimum absolute atomic E-state index is 0.709. The number of hydrogen-bond acceptors (Lipinski definition) is 3. The predicted molar refractivity (Wildman–Crippen MR) is 44.4 cm³/mol. The molecule has 0 aromatic carbocycles. The quantitative estimate of drug-likeness (QED) is 0.458. The van der Waals surface area contributed by atoms with Gasteiger partial charge in [0.25, 0.3) is 0 Å². The van der Waals surface area contributed by atoms with Crippen LogP contribution in [0.2, 0.25) is 0 Å². The monoisotopic (exact) mass is 184 g/mol. The molecule has 1 saturated heterocycles. The topological polar surface area (TPSA) is 18.5 Å². The fourth-order valence-electron chi connectivity index (χ4n) is 0.601. The van der Waals surface area contributed by atoms with E-state index in [1.807, 2.05) is 0 Å². The van der Waals surface area contributed by atoms with Crippen molar-refractivity contribution in [1.29, 1.82) is 0 Å². The minimum Gasteiger partial charge on any atom is -0.322 e. The van der Waals surface area contributed by atoms with Gasteiger partial charge < -0.3 is 9.05 Å². The average molecular weight is 184 g/mol. The zero-order chi connectivity index (χ0) is 6.74. The smallest absolute Gasteiger partial charge is 0.244 e. The molecule has 54 valence electrons. The van der Waals surface area contributed by atoms with Crippen molar-refractivity contribution in [2.45, 2.75) is 12.8 Å². The normalized spacial score (nSPS) is 27.2. The number of thiol groups is 1. The Morgan fingerprint density at radius 1 is 1.22 bits per heavy atom. The highest BCUT2D eigenvalue weighted by Crippen LogP contribution is 2.54. The van der Waals surface area contributed by atoms with Gasteiger partial charge in [0.15, 0.2) is 0 Å². The van der Waals surface area contributed by atoms with Crippen molar-refractivity contribution in [3.63, 3.8) is 0 Å². The molecular formula is C4H9O2PS2. The van der Waals surface area contributed by atoms with E-state index in [0.717, 1.165) is 12.8 Å². The summed E-state index contributed by atoms with van der Waals surface area (Å²) in [5.41, 5.74) is -2.10. The van der Waals surface area contributed by atoms with Crippen molar-refractivity contribution in [2.24, 2.45) is 0 Å². The van der Waals surface area contributed by atoms with Gasteiger partial charge in [-0.3, -0.25) is 0 Å². The summed E-state index contributed by atoms with van der Waals surface area (Å²) in [5.74, 6) is 0. The van der Waals surface area contributed by atoms with E-state index in [-0.39, 0.29) is 0 Å². The van der Waals surface area contributed by atoms with Crippen molar-refractivity contribution >= 4 is 29.7 Å². The van der Waals surface area contributed by atoms with E-state index in [1.54, 1.807) is 0 Å². The molecule has 5 heteroatoms. The maximum absolute atomic E-state index is 5.16. The molecule has 1 aliphatic rings. The van der Waals surface area contributed by atoms with Crippen LogP contribution in [0.1, 0.15) is 12.8 Å². The Bertz CT molecular complexity index is 127. The van der Waals surface area contributed by atoms with Gasteiger partial charge in [-0.15, -0.1) is 0 Å². The lowest BCUT2D eigenvalue weighted by Gasteiger charge is -2.10. The first kappa shape index (κ1) is 8.02. The first-order valence-corrected chi connectivity index (χ1v) is 6.62. The van der Waals surface area contributed by atoms with Crippen LogP contribution < -0.4 is 0 Å². The van der Waals surface area contributed by atoms with Crippen LogP contribution in [0.4, 0.5) is 0 Å². The molecule has 0 amide bonds. The van der Waals surface area contributed by atoms with E-state index in [4.69, 9.17) is 20.9 Å². The Kier molecular flexibility index (Phi) is 2.99. The summed E-state index contributed by atoms with van der Waals surface area (Å²) in [4.78, 5) is 0. The van der Waals surface area contributed by atoms with E-state index in [1.165, 1.54) is 0 Å². The zero-order valence-corrected chi connectivity index (χ0v) is 7.55. The SMILES string of the molecule is S=P1(S)OCCCCO1. The molecule has 9 heavy (non-hydrogen) atoms. The predicted octanol–water partition coefficient (Wildman–Crippen LogP) is 1.97. The zero-order valence-electron chi connectivity index (χ0n) is 4.95. The van der Waals surface area contributed by atoms with Gasteiger partial charge >= 0.3 is 0 Å². The van der Waals surface area contributed by atoms with E-state index in [2.05, 4.69) is 12.2 Å². The second kappa shape index (κ2) is 3.35. The number of hydrogen-bond donors (Lipinski definition) is 1. The highest BCUT2D eigenvalue weighted by Gasteiger charge is 2.14. The molecule has 0 aliphatic carbocycles. The van der Waals surface area contributed by atoms with E-state index >= 15 is 0 Å². The van der Waals surface area contributed by atoms with Crippen LogP contribution in [0.25, 0.3) is 0 Å². The Labute approximate surface area is 65.3 Å². The lowest BCUT2D eigenvalue weighted by molar-refractivity contribution is 0.305. The van der Waals surface area contributed by atoms with Crippen LogP contribution >= 0.6 is 17.9 Å². The third kappa shape index (κ3) is 3.01. The van der Waals surface area contributed by atoms with Crippen LogP contribution in [0.5, 0.6) is 0 Å². The molecule has 1 fully saturated rings. The van der Waals surface area contributed by atoms with Gasteiger partial charge in [-0.05, 0) is 24.6 Å². The fourth-order valence-corrected chi connectivity index (χ4v) is 2.33. The molecule has 0 unspecified atom stereocenters. The molecule has 1 aliphatic heterocycles. The highest BCUT2D eigenvalue weighted by atomic mass is 32.9. The second-order valence-corrected chi connectivity index (χ2v) is 7.13. The van der Waals surface area contributed by atoms with Crippen LogP contribution in [-0.2, 0) is 20.9 Å². The van der Waals surface area contributed by atoms with Crippen molar-refractivity contribution < 1.29 is 9.05 Å². The molecule has 1 rings (SSSR count). The molecule has 0 N–H and O–H groups in total. The summed E-state index contributed by atoms with van der Waals surface area (Å²) in [6.45, 7) is 1.42. The van der Waals surface area contributed by atoms with E-state index < -0.39 is 5.69 Å². The molecule has 0 aromatic rings. The summed E-state index contributed by atoms with van der Waals surface area (Å²) in [6.07, 6.45) is 2.08. The maximum Gasteiger partial charge on any atom is 0.244 e. The van der Waals surface area contributed by atoms with Gasteiger partial charge in [0.05, 0.1) is 13.2 Å². The summed E-state index contributed by atoms with van der Waals surface area (Å²) in [6, 6.07) is 0. The average Bonchev–Trinajstić information content (AvgIpc) is 1.92. The van der Waals surface area contributed by atoms with E-state index in [9.17, 15) is 0 Å². The Balaban J connectivity index is 2.45. The van der Waals surface area contributed by atoms with Crippen molar-refractivity contribution in [3.05, 3.63) is 0 Å². The van der Waals surface area contributed by atoms with Gasteiger partial charge in [0.2, 0.25) is 5.69 Å². The molecule has 0 radical (unpaired) electrons. The molecule has 0 aromatic heterocycles. The van der Waals surface area contributed by atoms with Crippen LogP contribution in [-0.4, -0.2) is 13.2 Å². The maximum atomic E-state index is 5.16. The van der Waals surface area contributed by atoms with Gasteiger partial charge in [-0.1, -0.05) is 12.2 Å². The van der Waals surface area contributed by atoms with Crippen LogP contribution in [0.3, 0.4) is 0 Å². The third-order valence-corrected chi connectivity index (χ3v) is 3.39. The van der Waals surface area contributed by atoms with Crippen molar-refractivity contribution in [1.82, 2.24) is 0 Å². The molecular weight excluding hydrogens is 175 g/mol. The Morgan fingerprint density at radius 3 is 2.11 bits per heavy atom. The summed E-state index contributed by atoms with van der Waals surface area (Å²) in [7, 11) is 0. The largest absolute Gasteiger partial charge is 0.322 e. The van der Waals surface area contributed by atoms with Gasteiger partial charge in [0, 0.05) is 0 Å². The van der Waals surface area contributed by atoms with Gasteiger partial charge in [-0.25, -0.2) is 0 Å². The molecule has 0 atom stereocenters. The highest BCUT2D eigenvalue weighted by molar-refractivity contribution is 8.60. The number of rotatable bonds is 0. The fraction of sp³-hybridized carbons (Fsp3) is 1.00. The summed E-state index contributed by atoms with van der Waals surface area (Å²) < 4.78 is 10.3. The molecule has 0 spiro atoms. The molecule has 0 saturated carbocycles. The summed E-state index contributed by atoms with van der Waals surface area (Å²) in [5, 5.41) is 0. The van der Waals surface area contributed by atoms with Crippen molar-refractivity contribution in [3.8, 4) is 0 Å².